The van der Waals surface area contributed by atoms with E-state index in [1.165, 1.54) is 12.5 Å². The number of anilines is 1. The minimum Gasteiger partial charge on any atom is -0.506 e. The molecule has 0 bridgehead atoms. The van der Waals surface area contributed by atoms with E-state index in [0.717, 1.165) is 19.3 Å². The molecule has 0 radical (unpaired) electrons. The molecule has 1 saturated carbocycles. The van der Waals surface area contributed by atoms with Crippen molar-refractivity contribution in [2.24, 2.45) is 5.92 Å². The summed E-state index contributed by atoms with van der Waals surface area (Å²) in [5.41, 5.74) is 0.240. The highest BCUT2D eigenvalue weighted by molar-refractivity contribution is 6.39. The molecule has 2 unspecified atom stereocenters. The van der Waals surface area contributed by atoms with Gasteiger partial charge in [-0.2, -0.15) is 0 Å². The topological polar surface area (TPSA) is 78.4 Å². The highest BCUT2D eigenvalue weighted by atomic mass is 16.3. The Kier molecular flexibility index (Phi) is 4.61. The van der Waals surface area contributed by atoms with Crippen LogP contribution in [0.2, 0.25) is 0 Å². The van der Waals surface area contributed by atoms with Crippen LogP contribution in [-0.2, 0) is 9.59 Å². The van der Waals surface area contributed by atoms with Crippen LogP contribution in [0.3, 0.4) is 0 Å². The lowest BCUT2D eigenvalue weighted by Crippen LogP contribution is -2.45. The summed E-state index contributed by atoms with van der Waals surface area (Å²) >= 11 is 0. The Morgan fingerprint density at radius 1 is 1.15 bits per heavy atom. The van der Waals surface area contributed by atoms with Crippen molar-refractivity contribution in [3.8, 4) is 5.75 Å². The van der Waals surface area contributed by atoms with Gasteiger partial charge >= 0.3 is 11.8 Å². The van der Waals surface area contributed by atoms with Gasteiger partial charge in [0.1, 0.15) is 5.75 Å². The fourth-order valence-electron chi connectivity index (χ4n) is 2.52. The van der Waals surface area contributed by atoms with Gasteiger partial charge in [0.05, 0.1) is 5.69 Å². The largest absolute Gasteiger partial charge is 0.506 e. The maximum absolute atomic E-state index is 11.9. The van der Waals surface area contributed by atoms with Crippen molar-refractivity contribution in [2.45, 2.75) is 38.6 Å². The zero-order valence-corrected chi connectivity index (χ0v) is 11.6. The summed E-state index contributed by atoms with van der Waals surface area (Å²) in [7, 11) is 0. The molecule has 1 aliphatic carbocycles. The van der Waals surface area contributed by atoms with Gasteiger partial charge in [-0.3, -0.25) is 9.59 Å². The summed E-state index contributed by atoms with van der Waals surface area (Å²) < 4.78 is 0. The number of aromatic hydroxyl groups is 1. The highest BCUT2D eigenvalue weighted by Gasteiger charge is 2.25. The summed E-state index contributed by atoms with van der Waals surface area (Å²) in [6.07, 6.45) is 4.25. The molecule has 2 atom stereocenters. The van der Waals surface area contributed by atoms with Crippen LogP contribution >= 0.6 is 0 Å². The molecule has 108 valence electrons. The molecule has 2 rings (SSSR count). The zero-order valence-electron chi connectivity index (χ0n) is 11.6. The number of hydrogen-bond donors (Lipinski definition) is 3. The smallest absolute Gasteiger partial charge is 0.313 e. The molecule has 5 nitrogen and oxygen atoms in total. The number of benzene rings is 1. The molecule has 0 aliphatic heterocycles. The minimum absolute atomic E-state index is 0.0558. The fraction of sp³-hybridized carbons (Fsp3) is 0.467. The molecule has 0 aromatic heterocycles. The standard InChI is InChI=1S/C15H20N2O3/c1-10-6-2-3-7-11(10)16-14(19)15(20)17-12-8-4-5-9-13(12)18/h4-5,8-11,18H,2-3,6-7H2,1H3,(H,16,19)(H,17,20). The van der Waals surface area contributed by atoms with E-state index in [9.17, 15) is 14.7 Å². The first-order valence-corrected chi connectivity index (χ1v) is 6.98. The quantitative estimate of drug-likeness (QED) is 0.571. The Bertz CT molecular complexity index is 502. The Labute approximate surface area is 118 Å². The molecular weight excluding hydrogens is 256 g/mol. The predicted octanol–water partition coefficient (Wildman–Crippen LogP) is 2.03. The number of para-hydroxylation sites is 2. The second kappa shape index (κ2) is 6.41. The summed E-state index contributed by atoms with van der Waals surface area (Å²) in [4.78, 5) is 23.7. The first-order valence-electron chi connectivity index (χ1n) is 6.98. The molecular formula is C15H20N2O3. The van der Waals surface area contributed by atoms with Gasteiger partial charge in [0.15, 0.2) is 0 Å². The van der Waals surface area contributed by atoms with Crippen LogP contribution in [0.15, 0.2) is 24.3 Å². The molecule has 0 heterocycles. The fourth-order valence-corrected chi connectivity index (χ4v) is 2.52. The monoisotopic (exact) mass is 276 g/mol. The number of carbonyl (C=O) groups is 2. The second-order valence-electron chi connectivity index (χ2n) is 5.31. The number of hydrogen-bond acceptors (Lipinski definition) is 3. The molecule has 2 amide bonds. The first kappa shape index (κ1) is 14.4. The summed E-state index contributed by atoms with van der Waals surface area (Å²) in [5.74, 6) is -1.05. The summed E-state index contributed by atoms with van der Waals surface area (Å²) in [6.45, 7) is 2.09. The van der Waals surface area contributed by atoms with Crippen molar-refractivity contribution in [3.05, 3.63) is 24.3 Å². The Hall–Kier alpha value is -2.04. The Balaban J connectivity index is 1.92. The van der Waals surface area contributed by atoms with E-state index in [2.05, 4.69) is 17.6 Å². The van der Waals surface area contributed by atoms with Gasteiger partial charge in [0.2, 0.25) is 0 Å². The minimum atomic E-state index is -0.746. The molecule has 1 aromatic rings. The van der Waals surface area contributed by atoms with Crippen molar-refractivity contribution < 1.29 is 14.7 Å². The van der Waals surface area contributed by atoms with Gasteiger partial charge < -0.3 is 15.7 Å². The first-order chi connectivity index (χ1) is 9.58. The van der Waals surface area contributed by atoms with Crippen LogP contribution < -0.4 is 10.6 Å². The van der Waals surface area contributed by atoms with Crippen molar-refractivity contribution in [1.29, 1.82) is 0 Å². The number of rotatable bonds is 2. The van der Waals surface area contributed by atoms with Crippen LogP contribution in [0.4, 0.5) is 5.69 Å². The van der Waals surface area contributed by atoms with E-state index in [0.29, 0.717) is 5.92 Å². The lowest BCUT2D eigenvalue weighted by molar-refractivity contribution is -0.137. The molecule has 0 spiro atoms. The third kappa shape index (κ3) is 3.50. The van der Waals surface area contributed by atoms with E-state index < -0.39 is 11.8 Å². The lowest BCUT2D eigenvalue weighted by atomic mass is 9.86. The van der Waals surface area contributed by atoms with E-state index in [-0.39, 0.29) is 17.5 Å². The third-order valence-electron chi connectivity index (χ3n) is 3.79. The molecule has 1 aromatic carbocycles. The van der Waals surface area contributed by atoms with E-state index in [4.69, 9.17) is 0 Å². The number of phenols is 1. The maximum atomic E-state index is 11.9. The van der Waals surface area contributed by atoms with Gasteiger partial charge in [-0.25, -0.2) is 0 Å². The Morgan fingerprint density at radius 3 is 2.55 bits per heavy atom. The average molecular weight is 276 g/mol. The molecule has 0 saturated heterocycles. The van der Waals surface area contributed by atoms with Crippen molar-refractivity contribution in [2.75, 3.05) is 5.32 Å². The van der Waals surface area contributed by atoms with Gasteiger partial charge in [-0.15, -0.1) is 0 Å². The van der Waals surface area contributed by atoms with Crippen LogP contribution in [0, 0.1) is 5.92 Å². The SMILES string of the molecule is CC1CCCCC1NC(=O)C(=O)Nc1ccccc1O. The predicted molar refractivity (Wildman–Crippen MR) is 76.3 cm³/mol. The number of amides is 2. The molecule has 1 aliphatic rings. The van der Waals surface area contributed by atoms with Gasteiger partial charge in [-0.1, -0.05) is 31.9 Å². The van der Waals surface area contributed by atoms with Crippen LogP contribution in [0.1, 0.15) is 32.6 Å². The average Bonchev–Trinajstić information content (AvgIpc) is 2.43. The molecule has 3 N–H and O–H groups in total. The van der Waals surface area contributed by atoms with Gasteiger partial charge in [0.25, 0.3) is 0 Å². The van der Waals surface area contributed by atoms with Gasteiger partial charge in [-0.05, 0) is 30.9 Å². The van der Waals surface area contributed by atoms with Crippen LogP contribution in [0.5, 0.6) is 5.75 Å². The normalized spacial score (nSPS) is 22.1. The summed E-state index contributed by atoms with van der Waals surface area (Å²) in [5, 5.41) is 14.7. The number of phenolic OH excluding ortho intramolecular Hbond substituents is 1. The number of carbonyl (C=O) groups excluding carboxylic acids is 2. The number of nitrogens with one attached hydrogen (secondary N) is 2. The van der Waals surface area contributed by atoms with E-state index in [1.807, 2.05) is 0 Å². The lowest BCUT2D eigenvalue weighted by Gasteiger charge is -2.29. The van der Waals surface area contributed by atoms with Gasteiger partial charge in [0, 0.05) is 6.04 Å². The molecule has 5 heteroatoms. The van der Waals surface area contributed by atoms with Crippen LogP contribution in [-0.4, -0.2) is 23.0 Å². The third-order valence-corrected chi connectivity index (χ3v) is 3.79. The highest BCUT2D eigenvalue weighted by Crippen LogP contribution is 2.24. The van der Waals surface area contributed by atoms with E-state index >= 15 is 0 Å². The molecule has 20 heavy (non-hydrogen) atoms. The van der Waals surface area contributed by atoms with Crippen LogP contribution in [0.25, 0.3) is 0 Å². The second-order valence-corrected chi connectivity index (χ2v) is 5.31. The van der Waals surface area contributed by atoms with E-state index in [1.54, 1.807) is 18.2 Å². The molecule has 1 fully saturated rings. The zero-order chi connectivity index (χ0) is 14.5. The van der Waals surface area contributed by atoms with Crippen molar-refractivity contribution >= 4 is 17.5 Å². The summed E-state index contributed by atoms with van der Waals surface area (Å²) in [6, 6.07) is 6.39. The van der Waals surface area contributed by atoms with Crippen molar-refractivity contribution in [1.82, 2.24) is 5.32 Å². The Morgan fingerprint density at radius 2 is 1.85 bits per heavy atom. The maximum Gasteiger partial charge on any atom is 0.313 e. The van der Waals surface area contributed by atoms with Crippen molar-refractivity contribution in [3.63, 3.8) is 0 Å².